The predicted molar refractivity (Wildman–Crippen MR) is 85.7 cm³/mol. The smallest absolute Gasteiger partial charge is 0.0820 e. The van der Waals surface area contributed by atoms with E-state index in [1.165, 1.54) is 5.56 Å². The average Bonchev–Trinajstić information content (AvgIpc) is 2.38. The predicted octanol–water partition coefficient (Wildman–Crippen LogP) is 2.28. The highest BCUT2D eigenvalue weighted by Crippen LogP contribution is 2.11. The number of hydrogen-bond acceptors (Lipinski definition) is 3. The minimum absolute atomic E-state index is 0.217. The van der Waals surface area contributed by atoms with Gasteiger partial charge in [0.1, 0.15) is 0 Å². The number of likely N-dealkylation sites (N-methyl/N-ethyl adjacent to an activating group) is 1. The zero-order chi connectivity index (χ0) is 15.1. The largest absolute Gasteiger partial charge is 0.390 e. The molecule has 20 heavy (non-hydrogen) atoms. The summed E-state index contributed by atoms with van der Waals surface area (Å²) in [5, 5.41) is 10.3. The number of rotatable bonds is 8. The summed E-state index contributed by atoms with van der Waals surface area (Å²) in [6, 6.07) is 10.4. The van der Waals surface area contributed by atoms with Gasteiger partial charge in [-0.2, -0.15) is 0 Å². The van der Waals surface area contributed by atoms with E-state index in [0.717, 1.165) is 6.42 Å². The van der Waals surface area contributed by atoms with Crippen molar-refractivity contribution in [2.75, 3.05) is 13.6 Å². The van der Waals surface area contributed by atoms with Crippen LogP contribution in [0.3, 0.4) is 0 Å². The molecule has 1 rings (SSSR count). The van der Waals surface area contributed by atoms with Crippen molar-refractivity contribution in [1.29, 1.82) is 0 Å². The third-order valence-corrected chi connectivity index (χ3v) is 3.85. The Labute approximate surface area is 123 Å². The number of nitrogens with zero attached hydrogens (tertiary/aromatic N) is 1. The van der Waals surface area contributed by atoms with E-state index < -0.39 is 6.10 Å². The number of nitrogens with two attached hydrogens (primary N) is 1. The number of aliphatic hydroxyl groups is 1. The maximum atomic E-state index is 10.3. The van der Waals surface area contributed by atoms with E-state index in [4.69, 9.17) is 5.73 Å². The lowest BCUT2D eigenvalue weighted by Gasteiger charge is -2.30. The second-order valence-electron chi connectivity index (χ2n) is 6.34. The van der Waals surface area contributed by atoms with Crippen molar-refractivity contribution in [3.8, 4) is 0 Å². The molecule has 0 amide bonds. The molecule has 1 aromatic carbocycles. The summed E-state index contributed by atoms with van der Waals surface area (Å²) in [4.78, 5) is 2.20. The van der Waals surface area contributed by atoms with Gasteiger partial charge >= 0.3 is 0 Å². The second-order valence-corrected chi connectivity index (χ2v) is 6.34. The fourth-order valence-electron chi connectivity index (χ4n) is 2.49. The molecular formula is C17H30N2O. The summed E-state index contributed by atoms with van der Waals surface area (Å²) in [7, 11) is 2.06. The average molecular weight is 278 g/mol. The van der Waals surface area contributed by atoms with E-state index in [2.05, 4.69) is 44.9 Å². The van der Waals surface area contributed by atoms with E-state index in [1.54, 1.807) is 0 Å². The van der Waals surface area contributed by atoms with Crippen LogP contribution in [0.5, 0.6) is 0 Å². The molecule has 3 nitrogen and oxygen atoms in total. The summed E-state index contributed by atoms with van der Waals surface area (Å²) in [5.41, 5.74) is 7.30. The molecule has 3 unspecified atom stereocenters. The molecule has 3 heteroatoms. The minimum atomic E-state index is -0.491. The zero-order valence-electron chi connectivity index (χ0n) is 13.3. The van der Waals surface area contributed by atoms with Crippen molar-refractivity contribution in [3.63, 3.8) is 0 Å². The Kier molecular flexibility index (Phi) is 7.20. The standard InChI is InChI=1S/C17H30N2O/c1-13(2)10-14(3)19(4)12-17(20)16(18)11-15-8-6-5-7-9-15/h5-9,13-14,16-17,20H,10-12,18H2,1-4H3. The van der Waals surface area contributed by atoms with Crippen LogP contribution in [0.25, 0.3) is 0 Å². The molecule has 0 heterocycles. The highest BCUT2D eigenvalue weighted by Gasteiger charge is 2.20. The van der Waals surface area contributed by atoms with Crippen LogP contribution in [0.1, 0.15) is 32.8 Å². The molecular weight excluding hydrogens is 248 g/mol. The van der Waals surface area contributed by atoms with E-state index in [0.29, 0.717) is 24.9 Å². The maximum Gasteiger partial charge on any atom is 0.0820 e. The van der Waals surface area contributed by atoms with Gasteiger partial charge in [-0.1, -0.05) is 44.2 Å². The fourth-order valence-corrected chi connectivity index (χ4v) is 2.49. The molecule has 0 spiro atoms. The summed E-state index contributed by atoms with van der Waals surface area (Å²) in [5.74, 6) is 0.669. The Bertz CT molecular complexity index is 367. The van der Waals surface area contributed by atoms with Crippen molar-refractivity contribution in [2.45, 2.75) is 51.8 Å². The molecule has 0 aromatic heterocycles. The molecule has 0 aliphatic heterocycles. The topological polar surface area (TPSA) is 49.5 Å². The molecule has 0 aliphatic carbocycles. The molecule has 0 fully saturated rings. The van der Waals surface area contributed by atoms with E-state index in [-0.39, 0.29) is 6.04 Å². The van der Waals surface area contributed by atoms with Gasteiger partial charge in [0, 0.05) is 18.6 Å². The Balaban J connectivity index is 2.43. The monoisotopic (exact) mass is 278 g/mol. The van der Waals surface area contributed by atoms with Gasteiger partial charge in [0.15, 0.2) is 0 Å². The lowest BCUT2D eigenvalue weighted by atomic mass is 10.00. The van der Waals surface area contributed by atoms with Crippen LogP contribution in [0.15, 0.2) is 30.3 Å². The SMILES string of the molecule is CC(C)CC(C)N(C)CC(O)C(N)Cc1ccccc1. The molecule has 0 saturated carbocycles. The molecule has 3 N–H and O–H groups in total. The molecule has 3 atom stereocenters. The highest BCUT2D eigenvalue weighted by molar-refractivity contribution is 5.16. The van der Waals surface area contributed by atoms with Gasteiger partial charge in [0.05, 0.1) is 6.10 Å². The third kappa shape index (κ3) is 6.04. The van der Waals surface area contributed by atoms with Crippen LogP contribution in [0.4, 0.5) is 0 Å². The Morgan fingerprint density at radius 3 is 2.30 bits per heavy atom. The number of benzene rings is 1. The summed E-state index contributed by atoms with van der Waals surface area (Å²) in [6.45, 7) is 7.28. The van der Waals surface area contributed by atoms with Gasteiger partial charge in [-0.3, -0.25) is 0 Å². The van der Waals surface area contributed by atoms with Crippen molar-refractivity contribution >= 4 is 0 Å². The van der Waals surface area contributed by atoms with Crippen LogP contribution < -0.4 is 5.73 Å². The molecule has 0 aliphatic rings. The summed E-state index contributed by atoms with van der Waals surface area (Å²) in [6.07, 6.45) is 1.36. The molecule has 1 aromatic rings. The normalized spacial score (nSPS) is 16.4. The Morgan fingerprint density at radius 1 is 1.15 bits per heavy atom. The van der Waals surface area contributed by atoms with Crippen LogP contribution in [-0.2, 0) is 6.42 Å². The molecule has 114 valence electrons. The van der Waals surface area contributed by atoms with Crippen LogP contribution in [0.2, 0.25) is 0 Å². The summed E-state index contributed by atoms with van der Waals surface area (Å²) < 4.78 is 0. The first kappa shape index (κ1) is 17.2. The maximum absolute atomic E-state index is 10.3. The third-order valence-electron chi connectivity index (χ3n) is 3.85. The van der Waals surface area contributed by atoms with Crippen molar-refractivity contribution in [1.82, 2.24) is 4.90 Å². The highest BCUT2D eigenvalue weighted by atomic mass is 16.3. The first-order valence-corrected chi connectivity index (χ1v) is 7.58. The van der Waals surface area contributed by atoms with Gasteiger partial charge in [0.2, 0.25) is 0 Å². The van der Waals surface area contributed by atoms with Gasteiger partial charge in [-0.15, -0.1) is 0 Å². The van der Waals surface area contributed by atoms with Crippen molar-refractivity contribution in [3.05, 3.63) is 35.9 Å². The Hall–Kier alpha value is -0.900. The van der Waals surface area contributed by atoms with Gasteiger partial charge in [-0.05, 0) is 38.3 Å². The fraction of sp³-hybridized carbons (Fsp3) is 0.647. The minimum Gasteiger partial charge on any atom is -0.390 e. The number of aliphatic hydroxyl groups excluding tert-OH is 1. The van der Waals surface area contributed by atoms with E-state index in [1.807, 2.05) is 18.2 Å². The van der Waals surface area contributed by atoms with E-state index in [9.17, 15) is 5.11 Å². The van der Waals surface area contributed by atoms with Gasteiger partial charge < -0.3 is 15.7 Å². The van der Waals surface area contributed by atoms with Crippen molar-refractivity contribution in [2.24, 2.45) is 11.7 Å². The Morgan fingerprint density at radius 2 is 1.75 bits per heavy atom. The lowest BCUT2D eigenvalue weighted by molar-refractivity contribution is 0.0826. The van der Waals surface area contributed by atoms with Gasteiger partial charge in [-0.25, -0.2) is 0 Å². The quantitative estimate of drug-likeness (QED) is 0.767. The van der Waals surface area contributed by atoms with Crippen LogP contribution in [-0.4, -0.2) is 41.8 Å². The van der Waals surface area contributed by atoms with Crippen LogP contribution in [0, 0.1) is 5.92 Å². The van der Waals surface area contributed by atoms with Crippen LogP contribution >= 0.6 is 0 Å². The molecule has 0 radical (unpaired) electrons. The molecule has 0 saturated heterocycles. The summed E-state index contributed by atoms with van der Waals surface area (Å²) >= 11 is 0. The second kappa shape index (κ2) is 8.40. The first-order chi connectivity index (χ1) is 9.40. The molecule has 0 bridgehead atoms. The van der Waals surface area contributed by atoms with Crippen molar-refractivity contribution < 1.29 is 5.11 Å². The number of hydrogen-bond donors (Lipinski definition) is 2. The lowest BCUT2D eigenvalue weighted by Crippen LogP contribution is -2.46. The first-order valence-electron chi connectivity index (χ1n) is 7.58. The van der Waals surface area contributed by atoms with E-state index >= 15 is 0 Å². The van der Waals surface area contributed by atoms with Gasteiger partial charge in [0.25, 0.3) is 0 Å². The zero-order valence-corrected chi connectivity index (χ0v) is 13.3.